The van der Waals surface area contributed by atoms with Crippen LogP contribution in [-0.2, 0) is 9.53 Å². The number of carbonyl (C=O) groups excluding carboxylic acids is 2. The van der Waals surface area contributed by atoms with Crippen molar-refractivity contribution in [1.82, 2.24) is 14.7 Å². The molecule has 0 spiro atoms. The third-order valence-corrected chi connectivity index (χ3v) is 6.94. The number of halogens is 1. The lowest BCUT2D eigenvalue weighted by Crippen LogP contribution is -2.50. The van der Waals surface area contributed by atoms with Gasteiger partial charge in [0.05, 0.1) is 6.54 Å². The molecule has 0 aromatic heterocycles. The molecule has 0 radical (unpaired) electrons. The third kappa shape index (κ3) is 6.12. The highest BCUT2D eigenvalue weighted by Gasteiger charge is 2.44. The maximum atomic E-state index is 13.6. The quantitative estimate of drug-likeness (QED) is 0.650. The van der Waals surface area contributed by atoms with Gasteiger partial charge in [0.25, 0.3) is 0 Å². The van der Waals surface area contributed by atoms with Gasteiger partial charge < -0.3 is 14.4 Å². The van der Waals surface area contributed by atoms with Crippen molar-refractivity contribution in [2.24, 2.45) is 0 Å². The molecule has 2 atom stereocenters. The highest BCUT2D eigenvalue weighted by Crippen LogP contribution is 2.29. The van der Waals surface area contributed by atoms with Crippen molar-refractivity contribution in [3.8, 4) is 5.75 Å². The third-order valence-electron chi connectivity index (χ3n) is 6.71. The van der Waals surface area contributed by atoms with E-state index in [2.05, 4.69) is 4.90 Å². The second-order valence-electron chi connectivity index (χ2n) is 10.4. The number of carbonyl (C=O) groups is 2. The minimum absolute atomic E-state index is 0.00601. The van der Waals surface area contributed by atoms with Crippen molar-refractivity contribution < 1.29 is 19.1 Å². The van der Waals surface area contributed by atoms with E-state index in [1.807, 2.05) is 37.8 Å². The van der Waals surface area contributed by atoms with Crippen LogP contribution < -0.4 is 4.74 Å². The standard InChI is InChI=1S/C25H36ClN3O4/c1-25(2,3)33-24(31)29-17-21(32-20-10-4-7-18(26)15-20)16-22(29)23(30)28-12-6-11-27(13-14-28)19-8-5-9-19/h4,7,10,15,19,21-22H,5-6,8-9,11-14,16-17H2,1-3H3/t21?,22-/m0/s1. The summed E-state index contributed by atoms with van der Waals surface area (Å²) < 4.78 is 11.8. The molecule has 3 aliphatic rings. The molecule has 33 heavy (non-hydrogen) atoms. The maximum absolute atomic E-state index is 13.6. The molecule has 1 unspecified atom stereocenters. The Morgan fingerprint density at radius 3 is 2.52 bits per heavy atom. The molecule has 7 nitrogen and oxygen atoms in total. The summed E-state index contributed by atoms with van der Waals surface area (Å²) >= 11 is 6.10. The Balaban J connectivity index is 1.46. The lowest BCUT2D eigenvalue weighted by molar-refractivity contribution is -0.135. The highest BCUT2D eigenvalue weighted by atomic mass is 35.5. The van der Waals surface area contributed by atoms with Crippen molar-refractivity contribution >= 4 is 23.6 Å². The Hall–Kier alpha value is -1.99. The normalized spacial score (nSPS) is 24.8. The lowest BCUT2D eigenvalue weighted by Gasteiger charge is -2.37. The van der Waals surface area contributed by atoms with E-state index < -0.39 is 17.7 Å². The topological polar surface area (TPSA) is 62.3 Å². The van der Waals surface area contributed by atoms with E-state index in [0.717, 1.165) is 26.1 Å². The molecule has 8 heteroatoms. The lowest BCUT2D eigenvalue weighted by atomic mass is 9.91. The molecule has 1 aromatic carbocycles. The van der Waals surface area contributed by atoms with Crippen LogP contribution >= 0.6 is 11.6 Å². The van der Waals surface area contributed by atoms with Gasteiger partial charge in [0.15, 0.2) is 0 Å². The van der Waals surface area contributed by atoms with E-state index in [-0.39, 0.29) is 12.0 Å². The van der Waals surface area contributed by atoms with Gasteiger partial charge in [-0.15, -0.1) is 0 Å². The number of ether oxygens (including phenoxy) is 2. The summed E-state index contributed by atoms with van der Waals surface area (Å²) in [5, 5.41) is 0.586. The fraction of sp³-hybridized carbons (Fsp3) is 0.680. The van der Waals surface area contributed by atoms with Crippen molar-refractivity contribution in [2.75, 3.05) is 32.7 Å². The smallest absolute Gasteiger partial charge is 0.411 e. The van der Waals surface area contributed by atoms with Crippen LogP contribution in [0.1, 0.15) is 52.9 Å². The zero-order chi connectivity index (χ0) is 23.6. The van der Waals surface area contributed by atoms with Gasteiger partial charge in [-0.25, -0.2) is 4.79 Å². The molecule has 1 aliphatic carbocycles. The van der Waals surface area contributed by atoms with Crippen molar-refractivity contribution in [3.05, 3.63) is 29.3 Å². The van der Waals surface area contributed by atoms with E-state index in [9.17, 15) is 9.59 Å². The number of hydrogen-bond donors (Lipinski definition) is 0. The van der Waals surface area contributed by atoms with Gasteiger partial charge in [-0.05, 0) is 58.2 Å². The van der Waals surface area contributed by atoms with Crippen molar-refractivity contribution in [3.63, 3.8) is 0 Å². The molecule has 182 valence electrons. The van der Waals surface area contributed by atoms with E-state index in [4.69, 9.17) is 21.1 Å². The minimum Gasteiger partial charge on any atom is -0.488 e. The monoisotopic (exact) mass is 477 g/mol. The van der Waals surface area contributed by atoms with Gasteiger partial charge in [-0.1, -0.05) is 24.1 Å². The largest absolute Gasteiger partial charge is 0.488 e. The Morgan fingerprint density at radius 2 is 1.85 bits per heavy atom. The Morgan fingerprint density at radius 1 is 1.06 bits per heavy atom. The maximum Gasteiger partial charge on any atom is 0.411 e. The SMILES string of the molecule is CC(C)(C)OC(=O)N1CC(Oc2cccc(Cl)c2)C[C@H]1C(=O)N1CCCN(C2CCC2)CC1. The van der Waals surface area contributed by atoms with E-state index >= 15 is 0 Å². The first-order valence-electron chi connectivity index (χ1n) is 12.1. The molecule has 2 saturated heterocycles. The zero-order valence-electron chi connectivity index (χ0n) is 20.0. The van der Waals surface area contributed by atoms with Crippen LogP contribution in [0.4, 0.5) is 4.79 Å². The van der Waals surface area contributed by atoms with Crippen LogP contribution in [0.15, 0.2) is 24.3 Å². The molecule has 3 fully saturated rings. The van der Waals surface area contributed by atoms with Crippen LogP contribution in [0, 0.1) is 0 Å². The van der Waals surface area contributed by atoms with Crippen LogP contribution in [-0.4, -0.2) is 83.2 Å². The molecule has 1 saturated carbocycles. The summed E-state index contributed by atoms with van der Waals surface area (Å²) in [5.74, 6) is 0.629. The van der Waals surface area contributed by atoms with Gasteiger partial charge in [-0.3, -0.25) is 14.6 Å². The number of amides is 2. The predicted octanol–water partition coefficient (Wildman–Crippen LogP) is 4.18. The molecule has 2 amide bonds. The molecule has 4 rings (SSSR count). The first kappa shape index (κ1) is 24.1. The molecule has 2 heterocycles. The average Bonchev–Trinajstić information content (AvgIpc) is 2.96. The predicted molar refractivity (Wildman–Crippen MR) is 128 cm³/mol. The molecular weight excluding hydrogens is 442 g/mol. The number of benzene rings is 1. The summed E-state index contributed by atoms with van der Waals surface area (Å²) in [6.45, 7) is 9.17. The minimum atomic E-state index is -0.636. The van der Waals surface area contributed by atoms with Crippen molar-refractivity contribution in [2.45, 2.75) is 76.7 Å². The summed E-state index contributed by atoms with van der Waals surface area (Å²) in [6.07, 6.45) is 4.48. The summed E-state index contributed by atoms with van der Waals surface area (Å²) in [4.78, 5) is 32.7. The van der Waals surface area contributed by atoms with Gasteiger partial charge in [0, 0.05) is 43.7 Å². The van der Waals surface area contributed by atoms with Crippen LogP contribution in [0.2, 0.25) is 5.02 Å². The summed E-state index contributed by atoms with van der Waals surface area (Å²) in [7, 11) is 0. The fourth-order valence-corrected chi connectivity index (χ4v) is 5.04. The first-order chi connectivity index (χ1) is 15.7. The van der Waals surface area contributed by atoms with Gasteiger partial charge in [0.2, 0.25) is 5.91 Å². The van der Waals surface area contributed by atoms with E-state index in [0.29, 0.717) is 36.3 Å². The second-order valence-corrected chi connectivity index (χ2v) is 10.8. The van der Waals surface area contributed by atoms with Gasteiger partial charge in [-0.2, -0.15) is 0 Å². The molecular formula is C25H36ClN3O4. The molecule has 0 N–H and O–H groups in total. The Bertz CT molecular complexity index is 854. The Kier molecular flexibility index (Phi) is 7.39. The Labute approximate surface area is 201 Å². The average molecular weight is 478 g/mol. The number of rotatable bonds is 4. The first-order valence-corrected chi connectivity index (χ1v) is 12.5. The second kappa shape index (κ2) is 10.1. The fourth-order valence-electron chi connectivity index (χ4n) is 4.86. The van der Waals surface area contributed by atoms with E-state index in [1.54, 1.807) is 17.0 Å². The zero-order valence-corrected chi connectivity index (χ0v) is 20.7. The van der Waals surface area contributed by atoms with Crippen LogP contribution in [0.3, 0.4) is 0 Å². The number of nitrogens with zero attached hydrogens (tertiary/aromatic N) is 3. The molecule has 1 aromatic rings. The number of likely N-dealkylation sites (tertiary alicyclic amines) is 1. The molecule has 2 aliphatic heterocycles. The van der Waals surface area contributed by atoms with Crippen molar-refractivity contribution in [1.29, 1.82) is 0 Å². The van der Waals surface area contributed by atoms with Gasteiger partial charge >= 0.3 is 6.09 Å². The summed E-state index contributed by atoms with van der Waals surface area (Å²) in [5.41, 5.74) is -0.636. The van der Waals surface area contributed by atoms with E-state index in [1.165, 1.54) is 19.3 Å². The van der Waals surface area contributed by atoms with Crippen LogP contribution in [0.5, 0.6) is 5.75 Å². The summed E-state index contributed by atoms with van der Waals surface area (Å²) in [6, 6.07) is 7.29. The van der Waals surface area contributed by atoms with Gasteiger partial charge in [0.1, 0.15) is 23.5 Å². The number of hydrogen-bond acceptors (Lipinski definition) is 5. The highest BCUT2D eigenvalue weighted by molar-refractivity contribution is 6.30. The van der Waals surface area contributed by atoms with Crippen LogP contribution in [0.25, 0.3) is 0 Å². The molecule has 0 bridgehead atoms.